The summed E-state index contributed by atoms with van der Waals surface area (Å²) in [5.41, 5.74) is 0. The molecule has 2 aliphatic carbocycles. The van der Waals surface area contributed by atoms with Crippen LogP contribution in [-0.4, -0.2) is 25.3 Å². The Morgan fingerprint density at radius 1 is 0.958 bits per heavy atom. The molecule has 3 fully saturated rings. The molecule has 0 radical (unpaired) electrons. The Hall–Kier alpha value is -1.73. The summed E-state index contributed by atoms with van der Waals surface area (Å²) in [7, 11) is -4.20. The van der Waals surface area contributed by atoms with Crippen molar-refractivity contribution in [2.75, 3.05) is 0 Å². The molecular weight excluding hydrogens is 330 g/mol. The summed E-state index contributed by atoms with van der Waals surface area (Å²) in [5.74, 6) is -0.873. The normalized spacial score (nSPS) is 38.0. The highest BCUT2D eigenvalue weighted by Gasteiger charge is 2.66. The Balaban J connectivity index is 1.63. The maximum absolute atomic E-state index is 12.7. The van der Waals surface area contributed by atoms with E-state index in [1.807, 2.05) is 0 Å². The van der Waals surface area contributed by atoms with Crippen LogP contribution in [0, 0.1) is 35.5 Å². The fourth-order valence-electron chi connectivity index (χ4n) is 4.86. The first kappa shape index (κ1) is 15.8. The first-order chi connectivity index (χ1) is 11.3. The van der Waals surface area contributed by atoms with Crippen LogP contribution in [0.5, 0.6) is 0 Å². The van der Waals surface area contributed by atoms with Gasteiger partial charge in [-0.2, -0.15) is 8.42 Å². The van der Waals surface area contributed by atoms with E-state index in [2.05, 4.69) is 13.8 Å². The van der Waals surface area contributed by atoms with Crippen LogP contribution in [-0.2, 0) is 24.0 Å². The van der Waals surface area contributed by atoms with E-state index in [0.29, 0.717) is 16.9 Å². The minimum atomic E-state index is -4.20. The summed E-state index contributed by atoms with van der Waals surface area (Å²) in [6, 6.07) is 7.53. The summed E-state index contributed by atoms with van der Waals surface area (Å²) < 4.78 is 29.6. The maximum Gasteiger partial charge on any atom is 0.318 e. The van der Waals surface area contributed by atoms with Crippen molar-refractivity contribution >= 4 is 21.9 Å². The molecule has 0 N–H and O–H groups in total. The van der Waals surface area contributed by atoms with Crippen LogP contribution in [0.25, 0.3) is 0 Å². The second-order valence-corrected chi connectivity index (χ2v) is 8.67. The predicted octanol–water partition coefficient (Wildman–Crippen LogP) is 1.83. The average molecular weight is 349 g/mol. The lowest BCUT2D eigenvalue weighted by Crippen LogP contribution is -2.35. The third-order valence-electron chi connectivity index (χ3n) is 6.21. The Kier molecular flexibility index (Phi) is 3.37. The van der Waals surface area contributed by atoms with Crippen molar-refractivity contribution in [2.45, 2.75) is 25.2 Å². The Morgan fingerprint density at radius 2 is 1.46 bits per heavy atom. The van der Waals surface area contributed by atoms with Crippen molar-refractivity contribution in [3.63, 3.8) is 0 Å². The third kappa shape index (κ3) is 2.01. The monoisotopic (exact) mass is 349 g/mol. The molecule has 24 heavy (non-hydrogen) atoms. The first-order valence-corrected chi connectivity index (χ1v) is 9.61. The topological polar surface area (TPSA) is 80.8 Å². The Morgan fingerprint density at radius 3 is 1.96 bits per heavy atom. The van der Waals surface area contributed by atoms with Gasteiger partial charge in [0.1, 0.15) is 0 Å². The van der Waals surface area contributed by atoms with Gasteiger partial charge in [0, 0.05) is 0 Å². The minimum Gasteiger partial charge on any atom is -0.272 e. The number of rotatable bonds is 3. The lowest BCUT2D eigenvalue weighted by atomic mass is 9.70. The second-order valence-electron chi connectivity index (χ2n) is 7.15. The van der Waals surface area contributed by atoms with Crippen LogP contribution in [0.2, 0.25) is 0 Å². The zero-order valence-corrected chi connectivity index (χ0v) is 14.3. The predicted molar refractivity (Wildman–Crippen MR) is 83.5 cm³/mol. The highest BCUT2D eigenvalue weighted by atomic mass is 32.2. The van der Waals surface area contributed by atoms with Crippen LogP contribution < -0.4 is 0 Å². The van der Waals surface area contributed by atoms with E-state index in [9.17, 15) is 18.0 Å². The lowest BCUT2D eigenvalue weighted by molar-refractivity contribution is -0.166. The van der Waals surface area contributed by atoms with Crippen LogP contribution in [0.3, 0.4) is 0 Å². The van der Waals surface area contributed by atoms with Gasteiger partial charge in [0.25, 0.3) is 11.8 Å². The number of imide groups is 1. The number of amides is 2. The molecule has 6 atom stereocenters. The number of hydrogen-bond donors (Lipinski definition) is 0. The molecular formula is C17H19NO5S. The van der Waals surface area contributed by atoms with E-state index < -0.39 is 33.8 Å². The number of carbonyl (C=O) groups excluding carboxylic acids is 2. The van der Waals surface area contributed by atoms with Crippen molar-refractivity contribution in [1.82, 2.24) is 5.06 Å². The summed E-state index contributed by atoms with van der Waals surface area (Å²) in [6.45, 7) is 4.21. The number of fused-ring (bicyclic) bond motifs is 5. The van der Waals surface area contributed by atoms with Crippen molar-refractivity contribution in [3.05, 3.63) is 30.3 Å². The molecule has 2 amide bonds. The number of hydrogen-bond acceptors (Lipinski definition) is 5. The molecule has 3 aliphatic rings. The van der Waals surface area contributed by atoms with Gasteiger partial charge in [-0.15, -0.1) is 9.35 Å². The summed E-state index contributed by atoms with van der Waals surface area (Å²) >= 11 is 0. The summed E-state index contributed by atoms with van der Waals surface area (Å²) in [5, 5.41) is 0.502. The first-order valence-electron chi connectivity index (χ1n) is 8.20. The highest BCUT2D eigenvalue weighted by molar-refractivity contribution is 7.86. The number of benzene rings is 1. The smallest absolute Gasteiger partial charge is 0.272 e. The molecule has 1 aliphatic heterocycles. The van der Waals surface area contributed by atoms with Gasteiger partial charge in [-0.25, -0.2) is 0 Å². The molecule has 6 unspecified atom stereocenters. The van der Waals surface area contributed by atoms with Crippen LogP contribution in [0.1, 0.15) is 20.3 Å². The van der Waals surface area contributed by atoms with Gasteiger partial charge < -0.3 is 0 Å². The molecule has 1 aromatic rings. The summed E-state index contributed by atoms with van der Waals surface area (Å²) in [6.07, 6.45) is 0.869. The minimum absolute atomic E-state index is 0.0765. The van der Waals surface area contributed by atoms with E-state index in [1.165, 1.54) is 12.1 Å². The van der Waals surface area contributed by atoms with Gasteiger partial charge in [-0.05, 0) is 42.2 Å². The molecule has 4 rings (SSSR count). The third-order valence-corrected chi connectivity index (χ3v) is 7.40. The molecule has 6 nitrogen and oxygen atoms in total. The van der Waals surface area contributed by atoms with E-state index >= 15 is 0 Å². The van der Waals surface area contributed by atoms with Gasteiger partial charge in [0.2, 0.25) is 0 Å². The average Bonchev–Trinajstić information content (AvgIpc) is 3.16. The molecule has 2 bridgehead atoms. The number of nitrogens with zero attached hydrogens (tertiary/aromatic N) is 1. The zero-order chi connectivity index (χ0) is 17.2. The van der Waals surface area contributed by atoms with Crippen molar-refractivity contribution in [2.24, 2.45) is 35.5 Å². The highest BCUT2D eigenvalue weighted by Crippen LogP contribution is 2.61. The molecule has 2 saturated carbocycles. The van der Waals surface area contributed by atoms with Gasteiger partial charge in [0.05, 0.1) is 16.7 Å². The number of carbonyl (C=O) groups is 2. The molecule has 1 saturated heterocycles. The number of hydroxylamine groups is 2. The SMILES string of the molecule is CC1C(C)C2CC1C1C(=O)N(OS(=O)(=O)c3ccccc3)C(=O)C21. The zero-order valence-electron chi connectivity index (χ0n) is 13.5. The van der Waals surface area contributed by atoms with Gasteiger partial charge in [-0.1, -0.05) is 32.0 Å². The van der Waals surface area contributed by atoms with Gasteiger partial charge in [0.15, 0.2) is 0 Å². The fourth-order valence-corrected chi connectivity index (χ4v) is 5.78. The van der Waals surface area contributed by atoms with E-state index in [0.717, 1.165) is 6.42 Å². The molecule has 0 aromatic heterocycles. The standard InChI is InChI=1S/C17H19NO5S/c1-9-10(2)13-8-12(9)14-15(13)17(20)18(16(14)19)23-24(21,22)11-6-4-3-5-7-11/h3-7,9-10,12-15H,8H2,1-2H3. The molecule has 7 heteroatoms. The van der Waals surface area contributed by atoms with Gasteiger partial charge in [-0.3, -0.25) is 9.59 Å². The van der Waals surface area contributed by atoms with E-state index in [-0.39, 0.29) is 16.7 Å². The van der Waals surface area contributed by atoms with Crippen molar-refractivity contribution < 1.29 is 22.3 Å². The van der Waals surface area contributed by atoms with Crippen molar-refractivity contribution in [3.8, 4) is 0 Å². The maximum atomic E-state index is 12.7. The lowest BCUT2D eigenvalue weighted by Gasteiger charge is -2.31. The van der Waals surface area contributed by atoms with Crippen LogP contribution in [0.15, 0.2) is 35.2 Å². The Bertz CT molecular complexity index is 774. The van der Waals surface area contributed by atoms with E-state index in [1.54, 1.807) is 18.2 Å². The van der Waals surface area contributed by atoms with Gasteiger partial charge >= 0.3 is 10.1 Å². The molecule has 1 heterocycles. The molecule has 128 valence electrons. The fraction of sp³-hybridized carbons (Fsp3) is 0.529. The largest absolute Gasteiger partial charge is 0.318 e. The quantitative estimate of drug-likeness (QED) is 0.778. The second kappa shape index (κ2) is 5.13. The Labute approximate surface area is 140 Å². The van der Waals surface area contributed by atoms with Crippen LogP contribution in [0.4, 0.5) is 0 Å². The summed E-state index contributed by atoms with van der Waals surface area (Å²) in [4.78, 5) is 25.3. The molecule has 0 spiro atoms. The molecule has 1 aromatic carbocycles. The van der Waals surface area contributed by atoms with Crippen molar-refractivity contribution in [1.29, 1.82) is 0 Å². The van der Waals surface area contributed by atoms with Crippen LogP contribution >= 0.6 is 0 Å². The van der Waals surface area contributed by atoms with E-state index in [4.69, 9.17) is 4.28 Å².